The number of carbonyl (C=O) groups is 2. The van der Waals surface area contributed by atoms with Gasteiger partial charge in [-0.05, 0) is 49.4 Å². The summed E-state index contributed by atoms with van der Waals surface area (Å²) in [5.41, 5.74) is 3.67. The lowest BCUT2D eigenvalue weighted by atomic mass is 10.1. The highest BCUT2D eigenvalue weighted by atomic mass is 16.5. The quantitative estimate of drug-likeness (QED) is 0.670. The lowest BCUT2D eigenvalue weighted by Crippen LogP contribution is -2.50. The molecule has 3 rings (SSSR count). The summed E-state index contributed by atoms with van der Waals surface area (Å²) >= 11 is 0. The molecule has 1 saturated heterocycles. The Bertz CT molecular complexity index is 822. The molecule has 0 saturated carbocycles. The average Bonchev–Trinajstić information content (AvgIpc) is 2.79. The van der Waals surface area contributed by atoms with E-state index >= 15 is 0 Å². The van der Waals surface area contributed by atoms with Gasteiger partial charge in [-0.25, -0.2) is 0 Å². The zero-order chi connectivity index (χ0) is 21.3. The van der Waals surface area contributed by atoms with Crippen LogP contribution in [0.1, 0.15) is 36.0 Å². The van der Waals surface area contributed by atoms with Crippen molar-refractivity contribution in [2.45, 2.75) is 39.0 Å². The SMILES string of the molecule is COc1ccc(CCC(=O)N2CCN(C(=O)CCCc3ccc(C)cc3)CC2)cc1. The normalized spacial score (nSPS) is 13.9. The van der Waals surface area contributed by atoms with Crippen LogP contribution in [0.5, 0.6) is 5.75 Å². The molecule has 2 amide bonds. The van der Waals surface area contributed by atoms with Crippen LogP contribution in [-0.4, -0.2) is 54.9 Å². The van der Waals surface area contributed by atoms with Crippen LogP contribution in [0.3, 0.4) is 0 Å². The van der Waals surface area contributed by atoms with Gasteiger partial charge in [0.05, 0.1) is 7.11 Å². The van der Waals surface area contributed by atoms with Gasteiger partial charge in [-0.15, -0.1) is 0 Å². The molecule has 0 radical (unpaired) electrons. The molecular weight excluding hydrogens is 376 g/mol. The standard InChI is InChI=1S/C25H32N2O3/c1-20-6-8-21(9-7-20)4-3-5-24(28)26-16-18-27(19-17-26)25(29)15-12-22-10-13-23(30-2)14-11-22/h6-11,13-14H,3-5,12,15-19H2,1-2H3. The second kappa shape index (κ2) is 10.8. The monoisotopic (exact) mass is 408 g/mol. The summed E-state index contributed by atoms with van der Waals surface area (Å²) in [6.45, 7) is 4.61. The maximum Gasteiger partial charge on any atom is 0.223 e. The van der Waals surface area contributed by atoms with Gasteiger partial charge in [-0.1, -0.05) is 42.0 Å². The first kappa shape index (κ1) is 21.9. The van der Waals surface area contributed by atoms with Crippen molar-refractivity contribution in [3.63, 3.8) is 0 Å². The largest absolute Gasteiger partial charge is 0.497 e. The van der Waals surface area contributed by atoms with Gasteiger partial charge in [0.1, 0.15) is 5.75 Å². The molecule has 1 fully saturated rings. The van der Waals surface area contributed by atoms with Gasteiger partial charge in [-0.2, -0.15) is 0 Å². The van der Waals surface area contributed by atoms with E-state index < -0.39 is 0 Å². The Hall–Kier alpha value is -2.82. The fourth-order valence-electron chi connectivity index (χ4n) is 3.76. The lowest BCUT2D eigenvalue weighted by Gasteiger charge is -2.35. The Labute approximate surface area is 179 Å². The van der Waals surface area contributed by atoms with E-state index in [4.69, 9.17) is 4.74 Å². The number of aryl methyl sites for hydroxylation is 3. The van der Waals surface area contributed by atoms with Crippen LogP contribution in [0.25, 0.3) is 0 Å². The van der Waals surface area contributed by atoms with E-state index in [0.717, 1.165) is 30.6 Å². The van der Waals surface area contributed by atoms with Gasteiger partial charge in [-0.3, -0.25) is 9.59 Å². The first-order valence-corrected chi connectivity index (χ1v) is 10.8. The highest BCUT2D eigenvalue weighted by Gasteiger charge is 2.23. The predicted molar refractivity (Wildman–Crippen MR) is 119 cm³/mol. The zero-order valence-corrected chi connectivity index (χ0v) is 18.1. The molecule has 1 aliphatic rings. The van der Waals surface area contributed by atoms with E-state index in [2.05, 4.69) is 31.2 Å². The van der Waals surface area contributed by atoms with Crippen molar-refractivity contribution in [2.24, 2.45) is 0 Å². The highest BCUT2D eigenvalue weighted by Crippen LogP contribution is 2.14. The summed E-state index contributed by atoms with van der Waals surface area (Å²) in [6, 6.07) is 16.3. The molecule has 0 aliphatic carbocycles. The smallest absolute Gasteiger partial charge is 0.223 e. The number of nitrogens with zero attached hydrogens (tertiary/aromatic N) is 2. The predicted octanol–water partition coefficient (Wildman–Crippen LogP) is 3.63. The van der Waals surface area contributed by atoms with E-state index in [-0.39, 0.29) is 11.8 Å². The molecule has 0 spiro atoms. The van der Waals surface area contributed by atoms with Crippen LogP contribution in [0, 0.1) is 6.92 Å². The van der Waals surface area contributed by atoms with Gasteiger partial charge < -0.3 is 14.5 Å². The Morgan fingerprint density at radius 2 is 1.27 bits per heavy atom. The van der Waals surface area contributed by atoms with E-state index in [9.17, 15) is 9.59 Å². The number of amides is 2. The Balaban J connectivity index is 1.35. The van der Waals surface area contributed by atoms with Crippen LogP contribution in [0.4, 0.5) is 0 Å². The molecular formula is C25H32N2O3. The molecule has 2 aromatic rings. The molecule has 0 unspecified atom stereocenters. The third-order valence-electron chi connectivity index (χ3n) is 5.75. The summed E-state index contributed by atoms with van der Waals surface area (Å²) < 4.78 is 5.16. The number of methoxy groups -OCH3 is 1. The van der Waals surface area contributed by atoms with Crippen molar-refractivity contribution >= 4 is 11.8 Å². The molecule has 5 heteroatoms. The van der Waals surface area contributed by atoms with Gasteiger partial charge in [0, 0.05) is 39.0 Å². The minimum Gasteiger partial charge on any atom is -0.497 e. The molecule has 30 heavy (non-hydrogen) atoms. The lowest BCUT2D eigenvalue weighted by molar-refractivity contribution is -0.139. The zero-order valence-electron chi connectivity index (χ0n) is 18.1. The molecule has 160 valence electrons. The van der Waals surface area contributed by atoms with Crippen molar-refractivity contribution in [3.05, 3.63) is 65.2 Å². The van der Waals surface area contributed by atoms with Crippen LogP contribution in [0.15, 0.2) is 48.5 Å². The van der Waals surface area contributed by atoms with Crippen LogP contribution in [0.2, 0.25) is 0 Å². The fourth-order valence-corrected chi connectivity index (χ4v) is 3.76. The van der Waals surface area contributed by atoms with E-state index in [1.165, 1.54) is 11.1 Å². The average molecular weight is 409 g/mol. The van der Waals surface area contributed by atoms with Crippen molar-refractivity contribution in [3.8, 4) is 5.75 Å². The van der Waals surface area contributed by atoms with E-state index in [1.807, 2.05) is 34.1 Å². The topological polar surface area (TPSA) is 49.9 Å². The molecule has 5 nitrogen and oxygen atoms in total. The summed E-state index contributed by atoms with van der Waals surface area (Å²) in [6.07, 6.45) is 3.58. The van der Waals surface area contributed by atoms with Crippen LogP contribution in [-0.2, 0) is 22.4 Å². The fraction of sp³-hybridized carbons (Fsp3) is 0.440. The maximum absolute atomic E-state index is 12.5. The molecule has 0 atom stereocenters. The summed E-state index contributed by atoms with van der Waals surface area (Å²) in [7, 11) is 1.65. The number of carbonyl (C=O) groups excluding carboxylic acids is 2. The van der Waals surface area contributed by atoms with Crippen molar-refractivity contribution in [1.82, 2.24) is 9.80 Å². The number of hydrogen-bond acceptors (Lipinski definition) is 3. The minimum atomic E-state index is 0.164. The molecule has 1 aliphatic heterocycles. The van der Waals surface area contributed by atoms with Gasteiger partial charge in [0.15, 0.2) is 0 Å². The summed E-state index contributed by atoms with van der Waals surface area (Å²) in [4.78, 5) is 28.8. The first-order valence-electron chi connectivity index (χ1n) is 10.8. The number of piperazine rings is 1. The highest BCUT2D eigenvalue weighted by molar-refractivity contribution is 5.78. The Morgan fingerprint density at radius 1 is 0.767 bits per heavy atom. The maximum atomic E-state index is 12.5. The van der Waals surface area contributed by atoms with Gasteiger partial charge in [0.2, 0.25) is 11.8 Å². The summed E-state index contributed by atoms with van der Waals surface area (Å²) in [5.74, 6) is 1.19. The number of rotatable bonds is 8. The summed E-state index contributed by atoms with van der Waals surface area (Å²) in [5, 5.41) is 0. The van der Waals surface area contributed by atoms with Crippen molar-refractivity contribution < 1.29 is 14.3 Å². The first-order chi connectivity index (χ1) is 14.5. The van der Waals surface area contributed by atoms with Crippen molar-refractivity contribution in [1.29, 1.82) is 0 Å². The number of hydrogen-bond donors (Lipinski definition) is 0. The third-order valence-corrected chi connectivity index (χ3v) is 5.75. The minimum absolute atomic E-state index is 0.164. The number of benzene rings is 2. The second-order valence-corrected chi connectivity index (χ2v) is 7.95. The molecule has 0 N–H and O–H groups in total. The third kappa shape index (κ3) is 6.34. The van der Waals surface area contributed by atoms with Gasteiger partial charge >= 0.3 is 0 Å². The van der Waals surface area contributed by atoms with Crippen LogP contribution < -0.4 is 4.74 Å². The van der Waals surface area contributed by atoms with Crippen molar-refractivity contribution in [2.75, 3.05) is 33.3 Å². The number of ether oxygens (including phenoxy) is 1. The Kier molecular flexibility index (Phi) is 7.89. The second-order valence-electron chi connectivity index (χ2n) is 7.95. The molecule has 2 aromatic carbocycles. The molecule has 0 aromatic heterocycles. The molecule has 0 bridgehead atoms. The van der Waals surface area contributed by atoms with Crippen LogP contribution >= 0.6 is 0 Å². The van der Waals surface area contributed by atoms with E-state index in [1.54, 1.807) is 7.11 Å². The van der Waals surface area contributed by atoms with Gasteiger partial charge in [0.25, 0.3) is 0 Å². The Morgan fingerprint density at radius 3 is 1.83 bits per heavy atom. The van der Waals surface area contributed by atoms with E-state index in [0.29, 0.717) is 39.0 Å². The molecule has 1 heterocycles.